The number of aliphatic hydroxyl groups is 1. The summed E-state index contributed by atoms with van der Waals surface area (Å²) in [5.74, 6) is 1.81. The molecule has 0 saturated carbocycles. The Morgan fingerprint density at radius 1 is 1.17 bits per heavy atom. The monoisotopic (exact) mass is 432 g/mol. The molecule has 0 bridgehead atoms. The Labute approximate surface area is 180 Å². The van der Waals surface area contributed by atoms with Crippen LogP contribution in [0.2, 0.25) is 0 Å². The molecule has 4 heterocycles. The molecule has 0 radical (unpaired) electrons. The quantitative estimate of drug-likeness (QED) is 0.706. The Hall–Kier alpha value is -2.46. The SMILES string of the molecule is COC(=O)c1sc(N2CCN(c3cc(N4CCC(C(C)O)C4)ncn3)CC2)nc1C. The van der Waals surface area contributed by atoms with Crippen LogP contribution in [0.3, 0.4) is 0 Å². The van der Waals surface area contributed by atoms with Crippen molar-refractivity contribution in [3.05, 3.63) is 23.0 Å². The molecule has 0 spiro atoms. The summed E-state index contributed by atoms with van der Waals surface area (Å²) in [6, 6.07) is 2.04. The van der Waals surface area contributed by atoms with Crippen molar-refractivity contribution >= 4 is 34.1 Å². The average Bonchev–Trinajstić information content (AvgIpc) is 3.41. The maximum absolute atomic E-state index is 11.9. The number of anilines is 3. The molecule has 0 amide bonds. The number of rotatable bonds is 5. The van der Waals surface area contributed by atoms with Gasteiger partial charge in [-0.1, -0.05) is 11.3 Å². The summed E-state index contributed by atoms with van der Waals surface area (Å²) >= 11 is 1.39. The first-order valence-corrected chi connectivity index (χ1v) is 11.1. The number of ether oxygens (including phenoxy) is 1. The topological polar surface area (TPSA) is 94.9 Å². The van der Waals surface area contributed by atoms with E-state index in [0.717, 1.165) is 62.5 Å². The second kappa shape index (κ2) is 8.73. The number of carbonyl (C=O) groups is 1. The first kappa shape index (κ1) is 20.8. The maximum Gasteiger partial charge on any atom is 0.350 e. The Balaban J connectivity index is 1.40. The van der Waals surface area contributed by atoms with Crippen LogP contribution in [0.1, 0.15) is 28.7 Å². The van der Waals surface area contributed by atoms with E-state index in [1.807, 2.05) is 19.9 Å². The highest BCUT2D eigenvalue weighted by molar-refractivity contribution is 7.17. The van der Waals surface area contributed by atoms with Crippen LogP contribution in [0, 0.1) is 12.8 Å². The van der Waals surface area contributed by atoms with E-state index < -0.39 is 0 Å². The summed E-state index contributed by atoms with van der Waals surface area (Å²) in [7, 11) is 1.39. The lowest BCUT2D eigenvalue weighted by Gasteiger charge is -2.35. The molecular weight excluding hydrogens is 404 g/mol. The van der Waals surface area contributed by atoms with Crippen molar-refractivity contribution in [3.8, 4) is 0 Å². The molecule has 2 unspecified atom stereocenters. The smallest absolute Gasteiger partial charge is 0.350 e. The fourth-order valence-corrected chi connectivity index (χ4v) is 5.04. The van der Waals surface area contributed by atoms with E-state index >= 15 is 0 Å². The van der Waals surface area contributed by atoms with Crippen molar-refractivity contribution < 1.29 is 14.6 Å². The molecule has 2 fully saturated rings. The fraction of sp³-hybridized carbons (Fsp3) is 0.600. The third kappa shape index (κ3) is 4.20. The summed E-state index contributed by atoms with van der Waals surface area (Å²) in [6.45, 7) is 8.68. The highest BCUT2D eigenvalue weighted by Gasteiger charge is 2.28. The van der Waals surface area contributed by atoms with E-state index in [4.69, 9.17) is 4.74 Å². The lowest BCUT2D eigenvalue weighted by Crippen LogP contribution is -2.46. The Morgan fingerprint density at radius 2 is 1.83 bits per heavy atom. The van der Waals surface area contributed by atoms with E-state index in [1.165, 1.54) is 18.4 Å². The van der Waals surface area contributed by atoms with Crippen LogP contribution in [0.4, 0.5) is 16.8 Å². The number of piperazine rings is 1. The van der Waals surface area contributed by atoms with Gasteiger partial charge in [-0.05, 0) is 20.3 Å². The molecule has 30 heavy (non-hydrogen) atoms. The van der Waals surface area contributed by atoms with Crippen molar-refractivity contribution in [1.82, 2.24) is 15.0 Å². The first-order valence-electron chi connectivity index (χ1n) is 10.3. The van der Waals surface area contributed by atoms with Crippen LogP contribution in [0.5, 0.6) is 0 Å². The summed E-state index contributed by atoms with van der Waals surface area (Å²) in [5.41, 5.74) is 0.714. The molecule has 0 aromatic carbocycles. The van der Waals surface area contributed by atoms with Gasteiger partial charge in [0.25, 0.3) is 0 Å². The van der Waals surface area contributed by atoms with Crippen LogP contribution >= 0.6 is 11.3 Å². The highest BCUT2D eigenvalue weighted by Crippen LogP contribution is 2.29. The zero-order valence-electron chi connectivity index (χ0n) is 17.6. The molecule has 2 aromatic rings. The van der Waals surface area contributed by atoms with Gasteiger partial charge in [0.1, 0.15) is 22.8 Å². The molecule has 2 aliphatic rings. The van der Waals surface area contributed by atoms with Crippen molar-refractivity contribution in [2.24, 2.45) is 5.92 Å². The second-order valence-corrected chi connectivity index (χ2v) is 8.82. The summed E-state index contributed by atoms with van der Waals surface area (Å²) in [4.78, 5) is 32.6. The van der Waals surface area contributed by atoms with Gasteiger partial charge in [0, 0.05) is 51.3 Å². The summed E-state index contributed by atoms with van der Waals surface area (Å²) < 4.78 is 4.84. The minimum Gasteiger partial charge on any atom is -0.465 e. The first-order chi connectivity index (χ1) is 14.5. The van der Waals surface area contributed by atoms with Gasteiger partial charge >= 0.3 is 5.97 Å². The van der Waals surface area contributed by atoms with Crippen molar-refractivity contribution in [2.75, 3.05) is 61.1 Å². The molecular formula is C20H28N6O3S. The minimum absolute atomic E-state index is 0.293. The molecule has 2 aliphatic heterocycles. The number of hydrogen-bond acceptors (Lipinski definition) is 10. The number of hydrogen-bond donors (Lipinski definition) is 1. The Morgan fingerprint density at radius 3 is 2.47 bits per heavy atom. The van der Waals surface area contributed by atoms with Crippen molar-refractivity contribution in [2.45, 2.75) is 26.4 Å². The molecule has 2 atom stereocenters. The largest absolute Gasteiger partial charge is 0.465 e. The van der Waals surface area contributed by atoms with Crippen molar-refractivity contribution in [1.29, 1.82) is 0 Å². The van der Waals surface area contributed by atoms with Crippen LogP contribution < -0.4 is 14.7 Å². The summed E-state index contributed by atoms with van der Waals surface area (Å²) in [6.07, 6.45) is 2.31. The van der Waals surface area contributed by atoms with Gasteiger partial charge in [0.15, 0.2) is 5.13 Å². The lowest BCUT2D eigenvalue weighted by molar-refractivity contribution is 0.0605. The van der Waals surface area contributed by atoms with Gasteiger partial charge in [-0.25, -0.2) is 19.7 Å². The fourth-order valence-electron chi connectivity index (χ4n) is 4.00. The zero-order chi connectivity index (χ0) is 21.3. The van der Waals surface area contributed by atoms with Crippen LogP contribution in [-0.2, 0) is 4.74 Å². The third-order valence-electron chi connectivity index (χ3n) is 5.90. The van der Waals surface area contributed by atoms with Gasteiger partial charge in [0.05, 0.1) is 18.9 Å². The summed E-state index contributed by atoms with van der Waals surface area (Å²) in [5, 5.41) is 10.7. The second-order valence-electron chi connectivity index (χ2n) is 7.85. The van der Waals surface area contributed by atoms with Gasteiger partial charge in [-0.2, -0.15) is 0 Å². The number of aromatic nitrogens is 3. The van der Waals surface area contributed by atoms with Gasteiger partial charge < -0.3 is 24.5 Å². The van der Waals surface area contributed by atoms with Crippen LogP contribution in [-0.4, -0.2) is 78.5 Å². The average molecular weight is 433 g/mol. The predicted octanol–water partition coefficient (Wildman–Crippen LogP) is 1.56. The lowest BCUT2D eigenvalue weighted by atomic mass is 10.0. The van der Waals surface area contributed by atoms with E-state index in [9.17, 15) is 9.90 Å². The normalized spacial score (nSPS) is 20.5. The number of esters is 1. The number of methoxy groups -OCH3 is 1. The highest BCUT2D eigenvalue weighted by atomic mass is 32.1. The van der Waals surface area contributed by atoms with Gasteiger partial charge in [0.2, 0.25) is 0 Å². The molecule has 4 rings (SSSR count). The zero-order valence-corrected chi connectivity index (χ0v) is 18.4. The van der Waals surface area contributed by atoms with E-state index in [2.05, 4.69) is 29.7 Å². The third-order valence-corrected chi connectivity index (χ3v) is 7.10. The minimum atomic E-state index is -0.330. The number of thiazole rings is 1. The molecule has 0 aliphatic carbocycles. The Bertz CT molecular complexity index is 896. The maximum atomic E-state index is 11.9. The molecule has 9 nitrogen and oxygen atoms in total. The molecule has 2 saturated heterocycles. The molecule has 1 N–H and O–H groups in total. The number of carbonyl (C=O) groups excluding carboxylic acids is 1. The molecule has 2 aromatic heterocycles. The Kier molecular flexibility index (Phi) is 6.05. The predicted molar refractivity (Wildman–Crippen MR) is 117 cm³/mol. The molecule has 162 valence electrons. The van der Waals surface area contributed by atoms with Crippen molar-refractivity contribution in [3.63, 3.8) is 0 Å². The number of aliphatic hydroxyl groups excluding tert-OH is 1. The van der Waals surface area contributed by atoms with Gasteiger partial charge in [-0.15, -0.1) is 0 Å². The molecule has 10 heteroatoms. The number of nitrogens with zero attached hydrogens (tertiary/aromatic N) is 6. The van der Waals surface area contributed by atoms with Crippen LogP contribution in [0.15, 0.2) is 12.4 Å². The van der Waals surface area contributed by atoms with Gasteiger partial charge in [-0.3, -0.25) is 0 Å². The van der Waals surface area contributed by atoms with E-state index in [-0.39, 0.29) is 12.1 Å². The number of aryl methyl sites for hydroxylation is 1. The van der Waals surface area contributed by atoms with E-state index in [1.54, 1.807) is 6.33 Å². The standard InChI is InChI=1S/C20H28N6O3S/c1-13-18(19(28)29-3)30-20(23-13)25-8-6-24(7-9-25)16-10-17(22-12-21-16)26-5-4-15(11-26)14(2)27/h10,12,14-15,27H,4-9,11H2,1-3H3. The van der Waals surface area contributed by atoms with E-state index in [0.29, 0.717) is 16.5 Å². The van der Waals surface area contributed by atoms with Crippen LogP contribution in [0.25, 0.3) is 0 Å².